The predicted molar refractivity (Wildman–Crippen MR) is 68.6 cm³/mol. The molecule has 1 saturated heterocycles. The van der Waals surface area contributed by atoms with Gasteiger partial charge in [-0.05, 0) is 19.8 Å². The zero-order chi connectivity index (χ0) is 13.2. The maximum Gasteiger partial charge on any atom is 0.234 e. The van der Waals surface area contributed by atoms with Crippen molar-refractivity contribution in [2.24, 2.45) is 0 Å². The van der Waals surface area contributed by atoms with Gasteiger partial charge in [0, 0.05) is 32.2 Å². The number of carbonyl (C=O) groups is 1. The summed E-state index contributed by atoms with van der Waals surface area (Å²) in [4.78, 5) is 13.6. The van der Waals surface area contributed by atoms with Crippen molar-refractivity contribution in [3.8, 4) is 0 Å². The van der Waals surface area contributed by atoms with Crippen LogP contribution in [0.15, 0.2) is 0 Å². The van der Waals surface area contributed by atoms with Crippen LogP contribution < -0.4 is 5.32 Å². The molecule has 2 aliphatic rings. The molecule has 0 aromatic carbocycles. The highest BCUT2D eigenvalue weighted by atomic mass is 32.2. The largest absolute Gasteiger partial charge is 0.352 e. The van der Waals surface area contributed by atoms with Gasteiger partial charge in [0.2, 0.25) is 15.9 Å². The topological polar surface area (TPSA) is 69.7 Å². The van der Waals surface area contributed by atoms with Gasteiger partial charge in [-0.15, -0.1) is 0 Å². The van der Waals surface area contributed by atoms with E-state index >= 15 is 0 Å². The summed E-state index contributed by atoms with van der Waals surface area (Å²) < 4.78 is 24.8. The van der Waals surface area contributed by atoms with Gasteiger partial charge in [0.05, 0.1) is 12.3 Å². The van der Waals surface area contributed by atoms with Gasteiger partial charge in [0.15, 0.2) is 0 Å². The van der Waals surface area contributed by atoms with Crippen molar-refractivity contribution >= 4 is 15.9 Å². The van der Waals surface area contributed by atoms with E-state index in [0.717, 1.165) is 12.8 Å². The lowest BCUT2D eigenvalue weighted by Crippen LogP contribution is -2.51. The molecule has 7 heteroatoms. The Bertz CT molecular complexity index is 398. The highest BCUT2D eigenvalue weighted by Gasteiger charge is 2.28. The second-order valence-electron chi connectivity index (χ2n) is 4.92. The van der Waals surface area contributed by atoms with Crippen LogP contribution >= 0.6 is 0 Å². The van der Waals surface area contributed by atoms with Gasteiger partial charge in [-0.1, -0.05) is 0 Å². The van der Waals surface area contributed by atoms with Crippen molar-refractivity contribution in [2.75, 3.05) is 38.5 Å². The second kappa shape index (κ2) is 5.54. The number of amides is 1. The number of sulfonamides is 1. The molecule has 104 valence electrons. The first-order chi connectivity index (χ1) is 8.51. The number of hydrogen-bond donors (Lipinski definition) is 1. The van der Waals surface area contributed by atoms with E-state index in [0.29, 0.717) is 38.8 Å². The molecule has 1 amide bonds. The lowest BCUT2D eigenvalue weighted by molar-refractivity contribution is -0.122. The summed E-state index contributed by atoms with van der Waals surface area (Å²) in [5.41, 5.74) is 0. The maximum atomic E-state index is 11.7. The molecule has 0 aromatic rings. The van der Waals surface area contributed by atoms with Crippen LogP contribution in [0.1, 0.15) is 19.8 Å². The molecule has 2 fully saturated rings. The molecular weight excluding hydrogens is 254 g/mol. The molecular formula is C11H21N3O3S. The van der Waals surface area contributed by atoms with E-state index in [9.17, 15) is 13.2 Å². The Hall–Kier alpha value is -0.660. The molecule has 0 bridgehead atoms. The maximum absolute atomic E-state index is 11.7. The molecule has 0 radical (unpaired) electrons. The molecule has 1 aliphatic carbocycles. The first kappa shape index (κ1) is 13.8. The van der Waals surface area contributed by atoms with Crippen molar-refractivity contribution in [3.05, 3.63) is 0 Å². The van der Waals surface area contributed by atoms with Gasteiger partial charge in [-0.25, -0.2) is 8.42 Å². The summed E-state index contributed by atoms with van der Waals surface area (Å²) in [7, 11) is -3.08. The Balaban J connectivity index is 1.74. The zero-order valence-electron chi connectivity index (χ0n) is 10.8. The Morgan fingerprint density at radius 1 is 1.22 bits per heavy atom. The number of nitrogens with zero attached hydrogens (tertiary/aromatic N) is 2. The molecule has 6 nitrogen and oxygen atoms in total. The van der Waals surface area contributed by atoms with E-state index < -0.39 is 10.0 Å². The second-order valence-corrected chi connectivity index (χ2v) is 7.18. The smallest absolute Gasteiger partial charge is 0.234 e. The number of piperazine rings is 1. The van der Waals surface area contributed by atoms with Gasteiger partial charge in [-0.2, -0.15) is 4.31 Å². The monoisotopic (exact) mass is 275 g/mol. The Kier molecular flexibility index (Phi) is 4.24. The zero-order valence-corrected chi connectivity index (χ0v) is 11.6. The van der Waals surface area contributed by atoms with Crippen LogP contribution in [0.2, 0.25) is 0 Å². The molecule has 0 spiro atoms. The first-order valence-corrected chi connectivity index (χ1v) is 8.11. The van der Waals surface area contributed by atoms with E-state index in [1.165, 1.54) is 4.31 Å². The SMILES string of the molecule is CCS(=O)(=O)N1CCN(CC(=O)NC2CC2)CC1. The average Bonchev–Trinajstić information content (AvgIpc) is 3.13. The van der Waals surface area contributed by atoms with Crippen LogP contribution in [-0.2, 0) is 14.8 Å². The van der Waals surface area contributed by atoms with E-state index in [1.807, 2.05) is 4.90 Å². The molecule has 18 heavy (non-hydrogen) atoms. The molecule has 0 atom stereocenters. The van der Waals surface area contributed by atoms with Crippen molar-refractivity contribution < 1.29 is 13.2 Å². The Morgan fingerprint density at radius 3 is 2.33 bits per heavy atom. The first-order valence-electron chi connectivity index (χ1n) is 6.51. The van der Waals surface area contributed by atoms with E-state index in [4.69, 9.17) is 0 Å². The van der Waals surface area contributed by atoms with Gasteiger partial charge >= 0.3 is 0 Å². The lowest BCUT2D eigenvalue weighted by Gasteiger charge is -2.33. The Morgan fingerprint density at radius 2 is 1.83 bits per heavy atom. The van der Waals surface area contributed by atoms with Gasteiger partial charge in [-0.3, -0.25) is 9.69 Å². The van der Waals surface area contributed by atoms with Crippen LogP contribution in [0, 0.1) is 0 Å². The summed E-state index contributed by atoms with van der Waals surface area (Å²) in [5, 5.41) is 2.94. The fourth-order valence-electron chi connectivity index (χ4n) is 2.05. The van der Waals surface area contributed by atoms with E-state index in [2.05, 4.69) is 5.32 Å². The fourth-order valence-corrected chi connectivity index (χ4v) is 3.14. The minimum Gasteiger partial charge on any atom is -0.352 e. The summed E-state index contributed by atoms with van der Waals surface area (Å²) in [5.74, 6) is 0.208. The molecule has 0 aromatic heterocycles. The van der Waals surface area contributed by atoms with Crippen LogP contribution in [0.4, 0.5) is 0 Å². The van der Waals surface area contributed by atoms with Gasteiger partial charge < -0.3 is 5.32 Å². The van der Waals surface area contributed by atoms with Crippen molar-refractivity contribution in [1.82, 2.24) is 14.5 Å². The summed E-state index contributed by atoms with van der Waals surface area (Å²) >= 11 is 0. The quantitative estimate of drug-likeness (QED) is 0.715. The van der Waals surface area contributed by atoms with Crippen LogP contribution in [0.3, 0.4) is 0 Å². The standard InChI is InChI=1S/C11H21N3O3S/c1-2-18(16,17)14-7-5-13(6-8-14)9-11(15)12-10-3-4-10/h10H,2-9H2,1H3,(H,12,15). The van der Waals surface area contributed by atoms with Crippen LogP contribution in [0.5, 0.6) is 0 Å². The van der Waals surface area contributed by atoms with E-state index in [-0.39, 0.29) is 11.7 Å². The highest BCUT2D eigenvalue weighted by molar-refractivity contribution is 7.89. The normalized spacial score (nSPS) is 22.9. The molecule has 1 saturated carbocycles. The fraction of sp³-hybridized carbons (Fsp3) is 0.909. The summed E-state index contributed by atoms with van der Waals surface area (Å²) in [6, 6.07) is 0.388. The van der Waals surface area contributed by atoms with Crippen LogP contribution in [0.25, 0.3) is 0 Å². The number of hydrogen-bond acceptors (Lipinski definition) is 4. The molecule has 1 N–H and O–H groups in total. The highest BCUT2D eigenvalue weighted by Crippen LogP contribution is 2.18. The van der Waals surface area contributed by atoms with E-state index in [1.54, 1.807) is 6.92 Å². The van der Waals surface area contributed by atoms with Crippen molar-refractivity contribution in [1.29, 1.82) is 0 Å². The molecule has 1 aliphatic heterocycles. The summed E-state index contributed by atoms with van der Waals surface area (Å²) in [6.07, 6.45) is 2.18. The van der Waals surface area contributed by atoms with Gasteiger partial charge in [0.25, 0.3) is 0 Å². The third kappa shape index (κ3) is 3.66. The van der Waals surface area contributed by atoms with Gasteiger partial charge in [0.1, 0.15) is 0 Å². The van der Waals surface area contributed by atoms with Crippen molar-refractivity contribution in [2.45, 2.75) is 25.8 Å². The molecule has 1 heterocycles. The summed E-state index contributed by atoms with van der Waals surface area (Å²) in [6.45, 7) is 4.30. The lowest BCUT2D eigenvalue weighted by atomic mass is 10.3. The minimum atomic E-state index is -3.08. The minimum absolute atomic E-state index is 0.0595. The number of carbonyl (C=O) groups excluding carboxylic acids is 1. The third-order valence-corrected chi connectivity index (χ3v) is 5.28. The molecule has 2 rings (SSSR count). The molecule has 0 unspecified atom stereocenters. The number of rotatable bonds is 5. The Labute approximate surface area is 108 Å². The average molecular weight is 275 g/mol. The number of nitrogens with one attached hydrogen (secondary N) is 1. The van der Waals surface area contributed by atoms with Crippen LogP contribution in [-0.4, -0.2) is 68.0 Å². The predicted octanol–water partition coefficient (Wildman–Crippen LogP) is -0.768. The van der Waals surface area contributed by atoms with Crippen molar-refractivity contribution in [3.63, 3.8) is 0 Å². The third-order valence-electron chi connectivity index (χ3n) is 3.40.